The number of phenols is 3. The zero-order chi connectivity index (χ0) is 30.1. The highest BCUT2D eigenvalue weighted by Crippen LogP contribution is 2.47. The van der Waals surface area contributed by atoms with Crippen LogP contribution in [0.25, 0.3) is 0 Å². The van der Waals surface area contributed by atoms with E-state index in [2.05, 4.69) is 17.4 Å². The summed E-state index contributed by atoms with van der Waals surface area (Å²) in [5.41, 5.74) is 2.60. The molecule has 0 spiro atoms. The number of methoxy groups -OCH3 is 1. The molecule has 42 heavy (non-hydrogen) atoms. The third-order valence-corrected chi connectivity index (χ3v) is 8.89. The number of phenolic OH excluding ortho intramolecular Hbond substituents is 3. The van der Waals surface area contributed by atoms with Crippen LogP contribution < -0.4 is 10.1 Å². The third kappa shape index (κ3) is 8.05. The number of ketones is 1. The number of aliphatic hydroxyl groups excluding tert-OH is 1. The van der Waals surface area contributed by atoms with Gasteiger partial charge in [-0.15, -0.1) is 0 Å². The van der Waals surface area contributed by atoms with Crippen LogP contribution >= 0.6 is 0 Å². The first-order valence-electron chi connectivity index (χ1n) is 15.0. The molecule has 3 aromatic carbocycles. The summed E-state index contributed by atoms with van der Waals surface area (Å²) >= 11 is 0. The minimum atomic E-state index is -0.842. The van der Waals surface area contributed by atoms with Crippen molar-refractivity contribution in [2.75, 3.05) is 20.7 Å². The number of aryl methyl sites for hydroxylation is 1. The number of carbonyl (C=O) groups is 1. The normalized spacial score (nSPS) is 20.1. The molecule has 1 aliphatic rings. The first kappa shape index (κ1) is 31.4. The van der Waals surface area contributed by atoms with E-state index in [-0.39, 0.29) is 41.8 Å². The van der Waals surface area contributed by atoms with Gasteiger partial charge in [0.1, 0.15) is 5.78 Å². The predicted octanol–water partition coefficient (Wildman–Crippen LogP) is 5.98. The van der Waals surface area contributed by atoms with Crippen LogP contribution in [0.3, 0.4) is 0 Å². The summed E-state index contributed by atoms with van der Waals surface area (Å²) in [4.78, 5) is 13.5. The van der Waals surface area contributed by atoms with Crippen LogP contribution in [0.2, 0.25) is 0 Å². The fourth-order valence-corrected chi connectivity index (χ4v) is 6.83. The van der Waals surface area contributed by atoms with Crippen molar-refractivity contribution in [3.63, 3.8) is 0 Å². The molecular weight excluding hydrogens is 530 g/mol. The highest BCUT2D eigenvalue weighted by Gasteiger charge is 2.40. The number of nitrogens with one attached hydrogen (secondary N) is 1. The van der Waals surface area contributed by atoms with Crippen molar-refractivity contribution in [1.82, 2.24) is 5.32 Å². The van der Waals surface area contributed by atoms with Gasteiger partial charge in [0.2, 0.25) is 0 Å². The molecule has 1 saturated carbocycles. The van der Waals surface area contributed by atoms with Crippen LogP contribution in [-0.2, 0) is 16.6 Å². The number of benzene rings is 3. The van der Waals surface area contributed by atoms with Crippen molar-refractivity contribution in [3.8, 4) is 23.0 Å². The number of rotatable bonds is 14. The van der Waals surface area contributed by atoms with E-state index >= 15 is 0 Å². The first-order chi connectivity index (χ1) is 20.2. The quantitative estimate of drug-likeness (QED) is 0.150. The van der Waals surface area contributed by atoms with Crippen molar-refractivity contribution in [2.45, 2.75) is 75.2 Å². The highest BCUT2D eigenvalue weighted by molar-refractivity contribution is 5.79. The summed E-state index contributed by atoms with van der Waals surface area (Å²) in [6, 6.07) is 20.3. The summed E-state index contributed by atoms with van der Waals surface area (Å²) in [5, 5.41) is 45.0. The lowest BCUT2D eigenvalue weighted by Gasteiger charge is -2.43. The molecule has 1 aliphatic carbocycles. The molecule has 0 aliphatic heterocycles. The van der Waals surface area contributed by atoms with E-state index < -0.39 is 11.5 Å². The molecule has 226 valence electrons. The van der Waals surface area contributed by atoms with Gasteiger partial charge in [0.05, 0.1) is 13.2 Å². The molecule has 5 N–H and O–H groups in total. The summed E-state index contributed by atoms with van der Waals surface area (Å²) in [6.07, 6.45) is 5.15. The van der Waals surface area contributed by atoms with Gasteiger partial charge in [-0.05, 0) is 110 Å². The molecule has 7 heteroatoms. The molecule has 3 aromatic rings. The van der Waals surface area contributed by atoms with E-state index in [0.717, 1.165) is 56.2 Å². The molecule has 4 atom stereocenters. The van der Waals surface area contributed by atoms with E-state index in [1.54, 1.807) is 18.2 Å². The van der Waals surface area contributed by atoms with E-state index in [9.17, 15) is 25.2 Å². The smallest absolute Gasteiger partial charge is 0.160 e. The van der Waals surface area contributed by atoms with Gasteiger partial charge in [0, 0.05) is 12.8 Å². The SMILES string of the molecule is CNCC1CCCC(CC(O)CC(=O)CC(CCc2ccccc2)c2ccc(O)c(OC)c2)(c2ccc(O)c(O)c2)C1. The first-order valence-corrected chi connectivity index (χ1v) is 15.0. The largest absolute Gasteiger partial charge is 0.504 e. The molecule has 0 amide bonds. The Morgan fingerprint density at radius 3 is 2.48 bits per heavy atom. The van der Waals surface area contributed by atoms with Crippen molar-refractivity contribution in [3.05, 3.63) is 83.4 Å². The molecular formula is C35H45NO6. The second-order valence-corrected chi connectivity index (χ2v) is 12.0. The number of aliphatic hydroxyl groups is 1. The number of aromatic hydroxyl groups is 3. The van der Waals surface area contributed by atoms with E-state index in [0.29, 0.717) is 18.1 Å². The molecule has 7 nitrogen and oxygen atoms in total. The second-order valence-electron chi connectivity index (χ2n) is 12.0. The Hall–Kier alpha value is -3.55. The Labute approximate surface area is 249 Å². The lowest BCUT2D eigenvalue weighted by atomic mass is 9.63. The van der Waals surface area contributed by atoms with Crippen LogP contribution in [-0.4, -0.2) is 53.0 Å². The molecule has 0 saturated heterocycles. The van der Waals surface area contributed by atoms with E-state index in [4.69, 9.17) is 4.74 Å². The third-order valence-electron chi connectivity index (χ3n) is 8.89. The molecule has 0 radical (unpaired) electrons. The molecule has 0 aromatic heterocycles. The highest BCUT2D eigenvalue weighted by atomic mass is 16.5. The maximum Gasteiger partial charge on any atom is 0.160 e. The van der Waals surface area contributed by atoms with Gasteiger partial charge in [0.25, 0.3) is 0 Å². The molecule has 4 rings (SSSR count). The topological polar surface area (TPSA) is 119 Å². The number of carbonyl (C=O) groups excluding carboxylic acids is 1. The van der Waals surface area contributed by atoms with Crippen LogP contribution in [0.1, 0.15) is 74.0 Å². The predicted molar refractivity (Wildman–Crippen MR) is 164 cm³/mol. The van der Waals surface area contributed by atoms with Crippen LogP contribution in [0.15, 0.2) is 66.7 Å². The standard InChI is InChI=1S/C35H45NO6/c1-36-23-25-9-6-16-35(21-25,28-13-15-31(39)33(41)19-28)22-30(38)20-29(37)17-26(11-10-24-7-4-3-5-8-24)27-12-14-32(40)34(18-27)42-2/h3-5,7-8,12-15,18-19,25-26,30,36,38-41H,6,9-11,16-17,20-23H2,1-2H3. The maximum atomic E-state index is 13.5. The molecule has 0 heterocycles. The van der Waals surface area contributed by atoms with Gasteiger partial charge in [-0.2, -0.15) is 0 Å². The Bertz CT molecular complexity index is 1310. The Balaban J connectivity index is 1.50. The number of ether oxygens (including phenoxy) is 1. The zero-order valence-corrected chi connectivity index (χ0v) is 24.8. The summed E-state index contributed by atoms with van der Waals surface area (Å²) in [5.74, 6) is 0.389. The summed E-state index contributed by atoms with van der Waals surface area (Å²) < 4.78 is 5.33. The van der Waals surface area contributed by atoms with Crippen molar-refractivity contribution < 1.29 is 30.0 Å². The summed E-state index contributed by atoms with van der Waals surface area (Å²) in [7, 11) is 3.45. The van der Waals surface area contributed by atoms with Gasteiger partial charge in [0.15, 0.2) is 23.0 Å². The lowest BCUT2D eigenvalue weighted by Crippen LogP contribution is -2.39. The van der Waals surface area contributed by atoms with Crippen LogP contribution in [0.5, 0.6) is 23.0 Å². The molecule has 1 fully saturated rings. The second kappa shape index (κ2) is 14.6. The number of Topliss-reactive ketones (excluding diaryl/α,β-unsaturated/α-hetero) is 1. The van der Waals surface area contributed by atoms with Crippen LogP contribution in [0, 0.1) is 5.92 Å². The van der Waals surface area contributed by atoms with Crippen LogP contribution in [0.4, 0.5) is 0 Å². The number of hydrogen-bond acceptors (Lipinski definition) is 7. The Morgan fingerprint density at radius 1 is 1.00 bits per heavy atom. The van der Waals surface area contributed by atoms with E-state index in [1.807, 2.05) is 37.4 Å². The van der Waals surface area contributed by atoms with E-state index in [1.165, 1.54) is 18.7 Å². The molecule has 4 unspecified atom stereocenters. The zero-order valence-electron chi connectivity index (χ0n) is 24.8. The minimum Gasteiger partial charge on any atom is -0.504 e. The Kier molecular flexibility index (Phi) is 10.9. The van der Waals surface area contributed by atoms with Gasteiger partial charge in [-0.3, -0.25) is 4.79 Å². The average Bonchev–Trinajstić information content (AvgIpc) is 2.97. The molecule has 0 bridgehead atoms. The number of hydrogen-bond donors (Lipinski definition) is 5. The summed E-state index contributed by atoms with van der Waals surface area (Å²) in [6.45, 7) is 0.861. The van der Waals surface area contributed by atoms with Crippen molar-refractivity contribution >= 4 is 5.78 Å². The van der Waals surface area contributed by atoms with Crippen molar-refractivity contribution in [2.24, 2.45) is 5.92 Å². The fourth-order valence-electron chi connectivity index (χ4n) is 6.83. The van der Waals surface area contributed by atoms with Gasteiger partial charge in [-0.1, -0.05) is 48.9 Å². The minimum absolute atomic E-state index is 0.0149. The van der Waals surface area contributed by atoms with Gasteiger partial charge in [-0.25, -0.2) is 0 Å². The fraction of sp³-hybridized carbons (Fsp3) is 0.457. The van der Waals surface area contributed by atoms with Crippen molar-refractivity contribution in [1.29, 1.82) is 0 Å². The van der Waals surface area contributed by atoms with Gasteiger partial charge < -0.3 is 30.5 Å². The monoisotopic (exact) mass is 575 g/mol. The maximum absolute atomic E-state index is 13.5. The van der Waals surface area contributed by atoms with Gasteiger partial charge >= 0.3 is 0 Å². The average molecular weight is 576 g/mol. The lowest BCUT2D eigenvalue weighted by molar-refractivity contribution is -0.121. The Morgan fingerprint density at radius 2 is 1.76 bits per heavy atom.